The number of benzene rings is 2. The van der Waals surface area contributed by atoms with Gasteiger partial charge in [-0.05, 0) is 48.5 Å². The zero-order chi connectivity index (χ0) is 18.9. The first-order chi connectivity index (χ1) is 12.1. The molecule has 2 aliphatic carbocycles. The largest absolute Gasteiger partial charge is 0.0697 e. The molecule has 0 radical (unpaired) electrons. The summed E-state index contributed by atoms with van der Waals surface area (Å²) in [6.45, 7) is 16.1. The van der Waals surface area contributed by atoms with Gasteiger partial charge in [-0.15, -0.1) is 0 Å². The molecular formula is C26H30. The third-order valence-electron chi connectivity index (χ3n) is 6.48. The van der Waals surface area contributed by atoms with E-state index in [0.29, 0.717) is 0 Å². The normalized spacial score (nSPS) is 23.7. The van der Waals surface area contributed by atoms with Crippen LogP contribution in [0.4, 0.5) is 0 Å². The molecule has 0 aliphatic heterocycles. The van der Waals surface area contributed by atoms with E-state index in [-0.39, 0.29) is 16.2 Å². The third-order valence-corrected chi connectivity index (χ3v) is 6.48. The van der Waals surface area contributed by atoms with Gasteiger partial charge in [-0.25, -0.2) is 0 Å². The summed E-state index contributed by atoms with van der Waals surface area (Å²) in [7, 11) is 0. The van der Waals surface area contributed by atoms with Crippen LogP contribution < -0.4 is 0 Å². The summed E-state index contributed by atoms with van der Waals surface area (Å²) < 4.78 is 0. The molecule has 0 aromatic heterocycles. The minimum Gasteiger partial charge on any atom is -0.0697 e. The van der Waals surface area contributed by atoms with Crippen molar-refractivity contribution in [1.29, 1.82) is 0 Å². The van der Waals surface area contributed by atoms with E-state index in [0.717, 1.165) is 0 Å². The monoisotopic (exact) mass is 342 g/mol. The van der Waals surface area contributed by atoms with E-state index >= 15 is 0 Å². The number of hydrogen-bond donors (Lipinski definition) is 0. The SMILES string of the molecule is CC1=CC2(C)C(=C1C(C)(C)C)C2(c1ccc(C)cc1)c1ccc(C)cc1. The smallest absolute Gasteiger partial charge is 0.0552 e. The zero-order valence-electron chi connectivity index (χ0n) is 17.2. The van der Waals surface area contributed by atoms with Crippen molar-refractivity contribution in [3.63, 3.8) is 0 Å². The second-order valence-electron chi connectivity index (χ2n) is 9.51. The third kappa shape index (κ3) is 2.08. The summed E-state index contributed by atoms with van der Waals surface area (Å²) >= 11 is 0. The molecule has 4 rings (SSSR count). The molecule has 134 valence electrons. The molecule has 26 heavy (non-hydrogen) atoms. The Morgan fingerprint density at radius 1 is 0.692 bits per heavy atom. The molecule has 0 heterocycles. The van der Waals surface area contributed by atoms with Gasteiger partial charge in [-0.2, -0.15) is 0 Å². The van der Waals surface area contributed by atoms with Crippen LogP contribution in [-0.2, 0) is 5.41 Å². The lowest BCUT2D eigenvalue weighted by molar-refractivity contribution is 0.507. The average molecular weight is 343 g/mol. The molecule has 1 saturated carbocycles. The summed E-state index contributed by atoms with van der Waals surface area (Å²) in [5.41, 5.74) is 10.4. The summed E-state index contributed by atoms with van der Waals surface area (Å²) in [4.78, 5) is 0. The lowest BCUT2D eigenvalue weighted by Gasteiger charge is -2.28. The van der Waals surface area contributed by atoms with Gasteiger partial charge >= 0.3 is 0 Å². The highest BCUT2D eigenvalue weighted by molar-refractivity contribution is 5.77. The molecule has 0 nitrogen and oxygen atoms in total. The molecule has 0 heteroatoms. The minimum atomic E-state index is -0.0173. The van der Waals surface area contributed by atoms with Gasteiger partial charge in [-0.1, -0.05) is 99.0 Å². The second-order valence-corrected chi connectivity index (χ2v) is 9.51. The number of rotatable bonds is 2. The molecule has 2 aliphatic rings. The fraction of sp³-hybridized carbons (Fsp3) is 0.385. The summed E-state index contributed by atoms with van der Waals surface area (Å²) in [6.07, 6.45) is 2.53. The molecule has 0 saturated heterocycles. The van der Waals surface area contributed by atoms with Crippen molar-refractivity contribution in [2.45, 2.75) is 53.9 Å². The van der Waals surface area contributed by atoms with E-state index < -0.39 is 0 Å². The maximum atomic E-state index is 2.53. The van der Waals surface area contributed by atoms with Crippen LogP contribution in [0.2, 0.25) is 0 Å². The van der Waals surface area contributed by atoms with Gasteiger partial charge in [0, 0.05) is 5.41 Å². The number of aryl methyl sites for hydroxylation is 2. The second kappa shape index (κ2) is 5.22. The molecule has 1 atom stereocenters. The maximum absolute atomic E-state index is 2.53. The Morgan fingerprint density at radius 3 is 1.50 bits per heavy atom. The quantitative estimate of drug-likeness (QED) is 0.556. The highest BCUT2D eigenvalue weighted by atomic mass is 14.7. The van der Waals surface area contributed by atoms with Crippen LogP contribution in [0.3, 0.4) is 0 Å². The standard InChI is InChI=1S/C26H30/c1-17-8-12-20(13-9-17)26(21-14-10-18(2)11-15-21)23-22(24(4,5)6)19(3)16-25(23,26)7/h8-16H,1-7H3. The first-order valence-electron chi connectivity index (χ1n) is 9.72. The molecule has 1 unspecified atom stereocenters. The molecule has 0 bridgehead atoms. The van der Waals surface area contributed by atoms with Crippen molar-refractivity contribution in [1.82, 2.24) is 0 Å². The highest BCUT2D eigenvalue weighted by Crippen LogP contribution is 2.78. The maximum Gasteiger partial charge on any atom is 0.0552 e. The fourth-order valence-corrected chi connectivity index (χ4v) is 5.51. The molecule has 2 aromatic rings. The number of hydrogen-bond acceptors (Lipinski definition) is 0. The molecule has 0 N–H and O–H groups in total. The Balaban J connectivity index is 2.03. The Labute approximate surface area is 158 Å². The van der Waals surface area contributed by atoms with Gasteiger partial charge < -0.3 is 0 Å². The van der Waals surface area contributed by atoms with Crippen molar-refractivity contribution < 1.29 is 0 Å². The van der Waals surface area contributed by atoms with E-state index in [1.807, 2.05) is 0 Å². The number of fused-ring (bicyclic) bond motifs is 1. The molecule has 0 spiro atoms. The Kier molecular flexibility index (Phi) is 3.48. The predicted molar refractivity (Wildman–Crippen MR) is 111 cm³/mol. The van der Waals surface area contributed by atoms with Gasteiger partial charge in [0.15, 0.2) is 0 Å². The molecule has 0 amide bonds. The van der Waals surface area contributed by atoms with E-state index in [2.05, 4.69) is 103 Å². The lowest BCUT2D eigenvalue weighted by atomic mass is 9.75. The van der Waals surface area contributed by atoms with Crippen LogP contribution in [-0.4, -0.2) is 0 Å². The van der Waals surface area contributed by atoms with Crippen molar-refractivity contribution in [3.05, 3.63) is 93.6 Å². The molecular weight excluding hydrogens is 312 g/mol. The molecule has 2 aromatic carbocycles. The van der Waals surface area contributed by atoms with Crippen molar-refractivity contribution in [3.8, 4) is 0 Å². The van der Waals surface area contributed by atoms with Crippen LogP contribution in [0.5, 0.6) is 0 Å². The summed E-state index contributed by atoms with van der Waals surface area (Å²) in [5, 5.41) is 0. The predicted octanol–water partition coefficient (Wildman–Crippen LogP) is 6.91. The van der Waals surface area contributed by atoms with E-state index in [1.165, 1.54) is 27.8 Å². The van der Waals surface area contributed by atoms with Crippen LogP contribution in [0.15, 0.2) is 71.3 Å². The van der Waals surface area contributed by atoms with E-state index in [9.17, 15) is 0 Å². The van der Waals surface area contributed by atoms with Crippen LogP contribution in [0.1, 0.15) is 56.9 Å². The van der Waals surface area contributed by atoms with E-state index in [1.54, 1.807) is 11.1 Å². The van der Waals surface area contributed by atoms with Crippen molar-refractivity contribution in [2.75, 3.05) is 0 Å². The summed E-state index contributed by atoms with van der Waals surface area (Å²) in [5.74, 6) is 0. The van der Waals surface area contributed by atoms with Crippen molar-refractivity contribution >= 4 is 0 Å². The van der Waals surface area contributed by atoms with E-state index in [4.69, 9.17) is 0 Å². The summed E-state index contributed by atoms with van der Waals surface area (Å²) in [6, 6.07) is 18.4. The Hall–Kier alpha value is -2.08. The first kappa shape index (κ1) is 17.3. The average Bonchev–Trinajstić information content (AvgIpc) is 2.92. The van der Waals surface area contributed by atoms with Crippen LogP contribution in [0.25, 0.3) is 0 Å². The number of allylic oxidation sites excluding steroid dienone is 4. The van der Waals surface area contributed by atoms with Gasteiger partial charge in [0.05, 0.1) is 5.41 Å². The van der Waals surface area contributed by atoms with Gasteiger partial charge in [-0.3, -0.25) is 0 Å². The fourth-order valence-electron chi connectivity index (χ4n) is 5.51. The Bertz CT molecular complexity index is 882. The minimum absolute atomic E-state index is 0.0173. The van der Waals surface area contributed by atoms with Crippen LogP contribution >= 0.6 is 0 Å². The van der Waals surface area contributed by atoms with Gasteiger partial charge in [0.25, 0.3) is 0 Å². The first-order valence-corrected chi connectivity index (χ1v) is 9.72. The van der Waals surface area contributed by atoms with Gasteiger partial charge in [0.1, 0.15) is 0 Å². The molecule has 1 fully saturated rings. The van der Waals surface area contributed by atoms with Gasteiger partial charge in [0.2, 0.25) is 0 Å². The van der Waals surface area contributed by atoms with Crippen LogP contribution in [0, 0.1) is 24.7 Å². The van der Waals surface area contributed by atoms with Crippen molar-refractivity contribution in [2.24, 2.45) is 10.8 Å². The lowest BCUT2D eigenvalue weighted by Crippen LogP contribution is -2.20. The highest BCUT2D eigenvalue weighted by Gasteiger charge is 2.73. The zero-order valence-corrected chi connectivity index (χ0v) is 17.2. The Morgan fingerprint density at radius 2 is 1.12 bits per heavy atom. The topological polar surface area (TPSA) is 0 Å².